The van der Waals surface area contributed by atoms with E-state index in [-0.39, 0.29) is 19.1 Å². The van der Waals surface area contributed by atoms with Gasteiger partial charge in [0, 0.05) is 6.42 Å². The molecule has 0 heterocycles. The molecule has 1 amide bonds. The van der Waals surface area contributed by atoms with Crippen LogP contribution in [0.2, 0.25) is 0 Å². The highest BCUT2D eigenvalue weighted by molar-refractivity contribution is 7.47. The van der Waals surface area contributed by atoms with Crippen LogP contribution in [0.25, 0.3) is 0 Å². The number of phosphoric acid groups is 1. The Hall–Kier alpha value is -1.54. The van der Waals surface area contributed by atoms with Crippen LogP contribution in [-0.2, 0) is 18.4 Å². The maximum Gasteiger partial charge on any atom is 0.472 e. The molecule has 3 unspecified atom stereocenters. The van der Waals surface area contributed by atoms with Gasteiger partial charge in [-0.25, -0.2) is 4.57 Å². The lowest BCUT2D eigenvalue weighted by molar-refractivity contribution is -0.870. The molecule has 0 saturated carbocycles. The second-order valence-electron chi connectivity index (χ2n) is 21.4. The van der Waals surface area contributed by atoms with Crippen molar-refractivity contribution in [2.24, 2.45) is 0 Å². The van der Waals surface area contributed by atoms with Crippen molar-refractivity contribution in [2.45, 2.75) is 289 Å². The summed E-state index contributed by atoms with van der Waals surface area (Å²) in [6, 6.07) is -0.864. The number of hydrogen-bond acceptors (Lipinski definition) is 5. The van der Waals surface area contributed by atoms with Gasteiger partial charge < -0.3 is 19.8 Å². The van der Waals surface area contributed by atoms with Crippen LogP contribution < -0.4 is 5.32 Å². The zero-order chi connectivity index (χ0) is 50.6. The van der Waals surface area contributed by atoms with E-state index in [9.17, 15) is 19.4 Å². The van der Waals surface area contributed by atoms with E-state index in [1.54, 1.807) is 6.08 Å². The Balaban J connectivity index is 4.20. The van der Waals surface area contributed by atoms with Crippen molar-refractivity contribution in [3.05, 3.63) is 48.6 Å². The van der Waals surface area contributed by atoms with Crippen LogP contribution >= 0.6 is 7.82 Å². The third kappa shape index (κ3) is 54.1. The van der Waals surface area contributed by atoms with E-state index in [1.165, 1.54) is 212 Å². The van der Waals surface area contributed by atoms with Crippen LogP contribution in [0.1, 0.15) is 277 Å². The van der Waals surface area contributed by atoms with Gasteiger partial charge in [0.25, 0.3) is 0 Å². The molecule has 406 valence electrons. The average molecular weight is 993 g/mol. The van der Waals surface area contributed by atoms with Crippen molar-refractivity contribution in [3.63, 3.8) is 0 Å². The molecule has 0 saturated heterocycles. The molecule has 3 N–H and O–H groups in total. The Bertz CT molecular complexity index is 1260. The summed E-state index contributed by atoms with van der Waals surface area (Å²) in [4.78, 5) is 23.3. The van der Waals surface area contributed by atoms with Crippen LogP contribution in [0.15, 0.2) is 48.6 Å². The van der Waals surface area contributed by atoms with Crippen molar-refractivity contribution < 1.29 is 32.9 Å². The van der Waals surface area contributed by atoms with Crippen molar-refractivity contribution in [2.75, 3.05) is 40.9 Å². The number of allylic oxidation sites excluding steroid dienone is 7. The fourth-order valence-electron chi connectivity index (χ4n) is 8.62. The highest BCUT2D eigenvalue weighted by atomic mass is 31.2. The van der Waals surface area contributed by atoms with Crippen LogP contribution in [-0.4, -0.2) is 73.4 Å². The minimum Gasteiger partial charge on any atom is -0.387 e. The minimum atomic E-state index is -4.36. The molecule has 0 aliphatic carbocycles. The first kappa shape index (κ1) is 67.5. The smallest absolute Gasteiger partial charge is 0.387 e. The highest BCUT2D eigenvalue weighted by Crippen LogP contribution is 2.43. The van der Waals surface area contributed by atoms with E-state index in [4.69, 9.17) is 9.05 Å². The fourth-order valence-corrected chi connectivity index (χ4v) is 9.36. The highest BCUT2D eigenvalue weighted by Gasteiger charge is 2.27. The third-order valence-electron chi connectivity index (χ3n) is 13.3. The molecule has 0 aliphatic rings. The molecule has 0 fully saturated rings. The first-order chi connectivity index (χ1) is 33.5. The number of nitrogens with one attached hydrogen (secondary N) is 1. The molecule has 0 bridgehead atoms. The summed E-state index contributed by atoms with van der Waals surface area (Å²) >= 11 is 0. The first-order valence-electron chi connectivity index (χ1n) is 29.5. The fraction of sp³-hybridized carbons (Fsp3) is 0.850. The van der Waals surface area contributed by atoms with E-state index in [0.29, 0.717) is 17.4 Å². The van der Waals surface area contributed by atoms with E-state index in [0.717, 1.165) is 44.9 Å². The number of quaternary nitrogens is 1. The SMILES string of the molecule is CCCCCCC/C=C\C/C=C\CCCCCCCCCCCCCCCCCC(=O)NC(COP(=O)(O)OCC[N+](C)(C)C)C(O)/C=C/CC/C=C/CCCCCCCCCCCCCCCC. The molecular formula is C60H116N2O6P+. The Kier molecular flexibility index (Phi) is 50.2. The van der Waals surface area contributed by atoms with E-state index in [2.05, 4.69) is 55.6 Å². The maximum atomic E-state index is 13.0. The second kappa shape index (κ2) is 51.4. The predicted molar refractivity (Wildman–Crippen MR) is 300 cm³/mol. The molecule has 0 spiro atoms. The van der Waals surface area contributed by atoms with Gasteiger partial charge in [-0.1, -0.05) is 255 Å². The number of carbonyl (C=O) groups excluding carboxylic acids is 1. The number of phosphoric ester groups is 1. The lowest BCUT2D eigenvalue weighted by atomic mass is 10.0. The molecule has 0 aromatic heterocycles. The maximum absolute atomic E-state index is 13.0. The van der Waals surface area contributed by atoms with Gasteiger partial charge in [-0.15, -0.1) is 0 Å². The van der Waals surface area contributed by atoms with Gasteiger partial charge in [-0.05, 0) is 64.2 Å². The molecule has 0 rings (SSSR count). The van der Waals surface area contributed by atoms with Gasteiger partial charge in [0.1, 0.15) is 13.2 Å². The number of hydrogen-bond donors (Lipinski definition) is 3. The Morgan fingerprint density at radius 3 is 1.25 bits per heavy atom. The van der Waals surface area contributed by atoms with Gasteiger partial charge in [0.2, 0.25) is 5.91 Å². The molecule has 0 aromatic carbocycles. The summed E-state index contributed by atoms with van der Waals surface area (Å²) in [6.45, 7) is 4.81. The number of carbonyl (C=O) groups is 1. The van der Waals surface area contributed by atoms with Gasteiger partial charge in [0.15, 0.2) is 0 Å². The van der Waals surface area contributed by atoms with E-state index < -0.39 is 20.0 Å². The van der Waals surface area contributed by atoms with Gasteiger partial charge >= 0.3 is 7.82 Å². The molecule has 3 atom stereocenters. The summed E-state index contributed by atoms with van der Waals surface area (Å²) < 4.78 is 23.7. The van der Waals surface area contributed by atoms with E-state index >= 15 is 0 Å². The third-order valence-corrected chi connectivity index (χ3v) is 14.3. The number of nitrogens with zero attached hydrogens (tertiary/aromatic N) is 1. The van der Waals surface area contributed by atoms with Gasteiger partial charge in [-0.2, -0.15) is 0 Å². The molecule has 0 aliphatic heterocycles. The average Bonchev–Trinajstić information content (AvgIpc) is 3.31. The number of aliphatic hydroxyl groups excluding tert-OH is 1. The molecule has 9 heteroatoms. The predicted octanol–water partition coefficient (Wildman–Crippen LogP) is 17.9. The zero-order valence-corrected chi connectivity index (χ0v) is 47.2. The largest absolute Gasteiger partial charge is 0.472 e. The van der Waals surface area contributed by atoms with Crippen LogP contribution in [0.4, 0.5) is 0 Å². The summed E-state index contributed by atoms with van der Waals surface area (Å²) in [5.74, 6) is -0.184. The normalized spacial score (nSPS) is 14.2. The van der Waals surface area contributed by atoms with E-state index in [1.807, 2.05) is 27.2 Å². The summed E-state index contributed by atoms with van der Waals surface area (Å²) in [6.07, 6.45) is 67.9. The lowest BCUT2D eigenvalue weighted by Crippen LogP contribution is -2.45. The Morgan fingerprint density at radius 1 is 0.493 bits per heavy atom. The van der Waals surface area contributed by atoms with Gasteiger partial charge in [0.05, 0.1) is 39.9 Å². The molecule has 8 nitrogen and oxygen atoms in total. The number of rotatable bonds is 54. The van der Waals surface area contributed by atoms with Crippen LogP contribution in [0.3, 0.4) is 0 Å². The van der Waals surface area contributed by atoms with Crippen molar-refractivity contribution in [1.29, 1.82) is 0 Å². The molecule has 69 heavy (non-hydrogen) atoms. The summed E-state index contributed by atoms with van der Waals surface area (Å²) in [5, 5.41) is 13.9. The standard InChI is InChI=1S/C60H115N2O6P/c1-6-8-10-12-14-16-18-20-22-24-26-28-29-30-31-32-33-34-36-38-40-42-44-46-48-50-52-54-60(64)61-58(57-68-69(65,66)67-56-55-62(3,4)5)59(63)53-51-49-47-45-43-41-39-37-35-27-25-23-21-19-17-15-13-11-9-7-2/h18,20,24,26,43,45,51,53,58-59,63H,6-17,19,21-23,25,27-42,44,46-50,52,54-57H2,1-5H3,(H-,61,64,65,66)/p+1/b20-18-,26-24-,45-43+,53-51+. The number of amides is 1. The first-order valence-corrected chi connectivity index (χ1v) is 31.0. The molecule has 0 radical (unpaired) electrons. The van der Waals surface area contributed by atoms with Gasteiger partial charge in [-0.3, -0.25) is 13.8 Å². The molecule has 0 aromatic rings. The Labute approximate surface area is 429 Å². The zero-order valence-electron chi connectivity index (χ0n) is 46.3. The molecular weight excluding hydrogens is 876 g/mol. The lowest BCUT2D eigenvalue weighted by Gasteiger charge is -2.25. The number of likely N-dealkylation sites (N-methyl/N-ethyl adjacent to an activating group) is 1. The monoisotopic (exact) mass is 992 g/mol. The van der Waals surface area contributed by atoms with Crippen LogP contribution in [0.5, 0.6) is 0 Å². The van der Waals surface area contributed by atoms with Crippen molar-refractivity contribution in [3.8, 4) is 0 Å². The quantitative estimate of drug-likeness (QED) is 0.0243. The minimum absolute atomic E-state index is 0.0563. The number of unbranched alkanes of at least 4 members (excludes halogenated alkanes) is 35. The number of aliphatic hydroxyl groups is 1. The Morgan fingerprint density at radius 2 is 0.841 bits per heavy atom. The summed E-state index contributed by atoms with van der Waals surface area (Å²) in [7, 11) is 1.56. The topological polar surface area (TPSA) is 105 Å². The second-order valence-corrected chi connectivity index (χ2v) is 22.8. The van der Waals surface area contributed by atoms with Crippen molar-refractivity contribution in [1.82, 2.24) is 5.32 Å². The summed E-state index contributed by atoms with van der Waals surface area (Å²) in [5.41, 5.74) is 0. The van der Waals surface area contributed by atoms with Crippen LogP contribution in [0, 0.1) is 0 Å². The van der Waals surface area contributed by atoms with Crippen molar-refractivity contribution >= 4 is 13.7 Å².